The fourth-order valence-electron chi connectivity index (χ4n) is 2.51. The molecule has 5 heteroatoms. The Labute approximate surface area is 138 Å². The molecular weight excluding hydrogens is 292 g/mol. The summed E-state index contributed by atoms with van der Waals surface area (Å²) < 4.78 is 11.5. The van der Waals surface area contributed by atoms with E-state index in [1.54, 1.807) is 0 Å². The number of aliphatic imine (C=N–C) groups is 1. The minimum Gasteiger partial charge on any atom is -0.482 e. The lowest BCUT2D eigenvalue weighted by atomic mass is 10.1. The van der Waals surface area contributed by atoms with Gasteiger partial charge < -0.3 is 14.8 Å². The van der Waals surface area contributed by atoms with Crippen molar-refractivity contribution in [3.63, 3.8) is 0 Å². The molecule has 1 aliphatic heterocycles. The van der Waals surface area contributed by atoms with Crippen molar-refractivity contribution in [2.24, 2.45) is 4.99 Å². The summed E-state index contributed by atoms with van der Waals surface area (Å²) >= 11 is 0. The van der Waals surface area contributed by atoms with E-state index in [0.717, 1.165) is 35.8 Å². The minimum absolute atomic E-state index is 0.137. The summed E-state index contributed by atoms with van der Waals surface area (Å²) in [5, 5.41) is 3.22. The zero-order chi connectivity index (χ0) is 17.2. The second-order valence-corrected chi connectivity index (χ2v) is 6.89. The summed E-state index contributed by atoms with van der Waals surface area (Å²) in [5.41, 5.74) is 1.87. The Kier molecular flexibility index (Phi) is 4.97. The number of nitrogens with one attached hydrogen (secondary N) is 1. The fourth-order valence-corrected chi connectivity index (χ4v) is 2.51. The van der Waals surface area contributed by atoms with E-state index in [1.807, 2.05) is 53.7 Å². The Morgan fingerprint density at radius 2 is 1.87 bits per heavy atom. The van der Waals surface area contributed by atoms with Crippen LogP contribution in [0.2, 0.25) is 0 Å². The molecule has 1 N–H and O–H groups in total. The van der Waals surface area contributed by atoms with Gasteiger partial charge in [0, 0.05) is 6.54 Å². The first-order valence-corrected chi connectivity index (χ1v) is 7.97. The van der Waals surface area contributed by atoms with Crippen molar-refractivity contribution in [3.05, 3.63) is 28.8 Å². The van der Waals surface area contributed by atoms with E-state index in [4.69, 9.17) is 9.47 Å². The smallest absolute Gasteiger partial charge is 0.338 e. The highest BCUT2D eigenvalue weighted by Crippen LogP contribution is 2.27. The maximum atomic E-state index is 12.2. The third kappa shape index (κ3) is 4.47. The zero-order valence-electron chi connectivity index (χ0n) is 14.8. The number of benzene rings is 1. The van der Waals surface area contributed by atoms with Gasteiger partial charge in [-0.05, 0) is 64.8 Å². The Balaban J connectivity index is 2.18. The number of hydrogen-bond donors (Lipinski definition) is 1. The first-order chi connectivity index (χ1) is 10.7. The van der Waals surface area contributed by atoms with Crippen molar-refractivity contribution in [2.45, 2.75) is 53.2 Å². The van der Waals surface area contributed by atoms with Crippen LogP contribution in [0.3, 0.4) is 0 Å². The van der Waals surface area contributed by atoms with Crippen LogP contribution in [-0.4, -0.2) is 36.6 Å². The van der Waals surface area contributed by atoms with Crippen LogP contribution in [0.5, 0.6) is 5.75 Å². The molecule has 1 aliphatic rings. The SMILES string of the molecule is Cc1cc(C(=O)OC(C)(C)C)cc(C)c1OC(C)C1=NCCN1. The maximum Gasteiger partial charge on any atom is 0.338 e. The van der Waals surface area contributed by atoms with Gasteiger partial charge in [-0.15, -0.1) is 0 Å². The van der Waals surface area contributed by atoms with Gasteiger partial charge in [0.05, 0.1) is 12.1 Å². The van der Waals surface area contributed by atoms with Gasteiger partial charge in [0.25, 0.3) is 0 Å². The molecule has 0 amide bonds. The molecule has 0 spiro atoms. The number of rotatable bonds is 4. The van der Waals surface area contributed by atoms with E-state index in [2.05, 4.69) is 10.3 Å². The van der Waals surface area contributed by atoms with Gasteiger partial charge in [-0.25, -0.2) is 4.79 Å². The first kappa shape index (κ1) is 17.3. The lowest BCUT2D eigenvalue weighted by molar-refractivity contribution is 0.00693. The van der Waals surface area contributed by atoms with Crippen LogP contribution in [0.4, 0.5) is 0 Å². The summed E-state index contributed by atoms with van der Waals surface area (Å²) in [6.07, 6.45) is -0.137. The van der Waals surface area contributed by atoms with E-state index in [9.17, 15) is 4.79 Å². The number of ether oxygens (including phenoxy) is 2. The summed E-state index contributed by atoms with van der Waals surface area (Å²) in [7, 11) is 0. The highest BCUT2D eigenvalue weighted by atomic mass is 16.6. The third-order valence-electron chi connectivity index (χ3n) is 3.47. The Hall–Kier alpha value is -2.04. The number of carbonyl (C=O) groups is 1. The Bertz CT molecular complexity index is 607. The molecule has 0 radical (unpaired) electrons. The second kappa shape index (κ2) is 6.60. The van der Waals surface area contributed by atoms with Crippen LogP contribution >= 0.6 is 0 Å². The molecule has 1 unspecified atom stereocenters. The molecule has 0 saturated heterocycles. The van der Waals surface area contributed by atoms with Crippen LogP contribution in [0, 0.1) is 13.8 Å². The summed E-state index contributed by atoms with van der Waals surface area (Å²) in [4.78, 5) is 16.6. The predicted molar refractivity (Wildman–Crippen MR) is 91.5 cm³/mol. The summed E-state index contributed by atoms with van der Waals surface area (Å²) in [6.45, 7) is 13.1. The first-order valence-electron chi connectivity index (χ1n) is 7.97. The molecule has 2 rings (SSSR count). The average Bonchev–Trinajstić information content (AvgIpc) is 2.94. The summed E-state index contributed by atoms with van der Waals surface area (Å²) in [6, 6.07) is 3.63. The topological polar surface area (TPSA) is 59.9 Å². The lowest BCUT2D eigenvalue weighted by Crippen LogP contribution is -2.33. The molecule has 0 aliphatic carbocycles. The van der Waals surface area contributed by atoms with Crippen molar-refractivity contribution in [3.8, 4) is 5.75 Å². The average molecular weight is 318 g/mol. The van der Waals surface area contributed by atoms with Gasteiger partial charge in [0.1, 0.15) is 17.2 Å². The third-order valence-corrected chi connectivity index (χ3v) is 3.47. The Morgan fingerprint density at radius 3 is 2.35 bits per heavy atom. The van der Waals surface area contributed by atoms with Gasteiger partial charge >= 0.3 is 5.97 Å². The van der Waals surface area contributed by atoms with Gasteiger partial charge in [0.2, 0.25) is 0 Å². The zero-order valence-corrected chi connectivity index (χ0v) is 14.8. The maximum absolute atomic E-state index is 12.2. The van der Waals surface area contributed by atoms with Crippen LogP contribution in [-0.2, 0) is 4.74 Å². The number of hydrogen-bond acceptors (Lipinski definition) is 5. The van der Waals surface area contributed by atoms with Crippen LogP contribution in [0.1, 0.15) is 49.2 Å². The molecule has 1 aromatic carbocycles. The minimum atomic E-state index is -0.505. The quantitative estimate of drug-likeness (QED) is 0.867. The number of amidine groups is 1. The lowest BCUT2D eigenvalue weighted by Gasteiger charge is -2.21. The Morgan fingerprint density at radius 1 is 1.26 bits per heavy atom. The van der Waals surface area contributed by atoms with Crippen molar-refractivity contribution in [2.75, 3.05) is 13.1 Å². The molecule has 1 heterocycles. The molecule has 126 valence electrons. The van der Waals surface area contributed by atoms with Crippen molar-refractivity contribution in [1.82, 2.24) is 5.32 Å². The van der Waals surface area contributed by atoms with E-state index in [-0.39, 0.29) is 12.1 Å². The van der Waals surface area contributed by atoms with E-state index in [0.29, 0.717) is 5.56 Å². The molecule has 5 nitrogen and oxygen atoms in total. The van der Waals surface area contributed by atoms with Gasteiger partial charge in [0.15, 0.2) is 6.10 Å². The molecule has 1 atom stereocenters. The van der Waals surface area contributed by atoms with Gasteiger partial charge in [-0.3, -0.25) is 4.99 Å². The highest BCUT2D eigenvalue weighted by Gasteiger charge is 2.21. The molecule has 23 heavy (non-hydrogen) atoms. The number of nitrogens with zero attached hydrogens (tertiary/aromatic N) is 1. The molecular formula is C18H26N2O3. The highest BCUT2D eigenvalue weighted by molar-refractivity contribution is 5.91. The van der Waals surface area contributed by atoms with Crippen LogP contribution < -0.4 is 10.1 Å². The van der Waals surface area contributed by atoms with Crippen LogP contribution in [0.25, 0.3) is 0 Å². The second-order valence-electron chi connectivity index (χ2n) is 6.89. The van der Waals surface area contributed by atoms with Crippen LogP contribution in [0.15, 0.2) is 17.1 Å². The molecule has 1 aromatic rings. The largest absolute Gasteiger partial charge is 0.482 e. The molecule has 0 saturated carbocycles. The summed E-state index contributed by atoms with van der Waals surface area (Å²) in [5.74, 6) is 1.35. The van der Waals surface area contributed by atoms with Gasteiger partial charge in [-0.2, -0.15) is 0 Å². The van der Waals surface area contributed by atoms with E-state index >= 15 is 0 Å². The van der Waals surface area contributed by atoms with Crippen molar-refractivity contribution in [1.29, 1.82) is 0 Å². The van der Waals surface area contributed by atoms with Gasteiger partial charge in [-0.1, -0.05) is 0 Å². The standard InChI is InChI=1S/C18H26N2O3/c1-11-9-14(17(21)23-18(4,5)6)10-12(2)15(11)22-13(3)16-19-7-8-20-16/h9-10,13H,7-8H2,1-6H3,(H,19,20). The molecule has 0 bridgehead atoms. The number of aryl methyl sites for hydroxylation is 2. The molecule has 0 aromatic heterocycles. The normalized spacial score (nSPS) is 15.7. The van der Waals surface area contributed by atoms with E-state index in [1.165, 1.54) is 0 Å². The predicted octanol–water partition coefficient (Wildman–Crippen LogP) is 3.03. The monoisotopic (exact) mass is 318 g/mol. The fraction of sp³-hybridized carbons (Fsp3) is 0.556. The van der Waals surface area contributed by atoms with Crippen molar-refractivity contribution < 1.29 is 14.3 Å². The van der Waals surface area contributed by atoms with Crippen molar-refractivity contribution >= 4 is 11.8 Å². The number of esters is 1. The molecule has 0 fully saturated rings. The number of carbonyl (C=O) groups excluding carboxylic acids is 1. The van der Waals surface area contributed by atoms with E-state index < -0.39 is 5.60 Å².